The third-order valence-electron chi connectivity index (χ3n) is 3.84. The Morgan fingerprint density at radius 2 is 1.85 bits per heavy atom. The number of halogens is 1. The van der Waals surface area contributed by atoms with Gasteiger partial charge in [0.25, 0.3) is 5.91 Å². The molecule has 1 amide bonds. The van der Waals surface area contributed by atoms with Crippen LogP contribution in [-0.2, 0) is 6.54 Å². The lowest BCUT2D eigenvalue weighted by Gasteiger charge is -2.09. The summed E-state index contributed by atoms with van der Waals surface area (Å²) in [5, 5.41) is 6.51. The molecule has 0 spiro atoms. The molecule has 6 nitrogen and oxygen atoms in total. The van der Waals surface area contributed by atoms with Gasteiger partial charge in [0.15, 0.2) is 5.78 Å². The van der Waals surface area contributed by atoms with Crippen LogP contribution in [0, 0.1) is 0 Å². The highest BCUT2D eigenvalue weighted by Gasteiger charge is 2.10. The number of carbonyl (C=O) groups excluding carboxylic acids is 2. The molecule has 3 aromatic rings. The number of ketones is 1. The van der Waals surface area contributed by atoms with E-state index < -0.39 is 0 Å². The first kappa shape index (κ1) is 18.5. The summed E-state index contributed by atoms with van der Waals surface area (Å²) in [5.41, 5.74) is 2.18. The van der Waals surface area contributed by atoms with E-state index in [1.165, 1.54) is 13.3 Å². The lowest BCUT2D eigenvalue weighted by Crippen LogP contribution is -2.15. The number of nitrogens with zero attached hydrogens (tertiary/aromatic N) is 2. The van der Waals surface area contributed by atoms with Gasteiger partial charge in [-0.3, -0.25) is 9.59 Å². The van der Waals surface area contributed by atoms with Crippen LogP contribution < -0.4 is 10.6 Å². The van der Waals surface area contributed by atoms with Gasteiger partial charge in [-0.2, -0.15) is 0 Å². The molecule has 0 atom stereocenters. The predicted octanol–water partition coefficient (Wildman–Crippen LogP) is 4.20. The summed E-state index contributed by atoms with van der Waals surface area (Å²) in [7, 11) is 0. The number of hydrogen-bond acceptors (Lipinski definition) is 5. The van der Waals surface area contributed by atoms with Gasteiger partial charge in [-0.15, -0.1) is 0 Å². The van der Waals surface area contributed by atoms with Crippen LogP contribution in [0.25, 0.3) is 0 Å². The van der Waals surface area contributed by atoms with Gasteiger partial charge in [-0.05, 0) is 30.7 Å². The molecule has 0 saturated carbocycles. The number of nitrogens with one attached hydrogen (secondary N) is 2. The van der Waals surface area contributed by atoms with E-state index in [0.717, 1.165) is 5.56 Å². The molecule has 0 bridgehead atoms. The Balaban J connectivity index is 1.69. The summed E-state index contributed by atoms with van der Waals surface area (Å²) in [4.78, 5) is 32.0. The number of aromatic nitrogens is 2. The summed E-state index contributed by atoms with van der Waals surface area (Å²) in [6.07, 6.45) is 1.32. The Morgan fingerprint density at radius 1 is 1.04 bits per heavy atom. The highest BCUT2D eigenvalue weighted by Crippen LogP contribution is 2.17. The summed E-state index contributed by atoms with van der Waals surface area (Å²) < 4.78 is 0. The molecule has 0 radical (unpaired) electrons. The van der Waals surface area contributed by atoms with Gasteiger partial charge in [-0.1, -0.05) is 41.9 Å². The minimum absolute atomic E-state index is 0.0702. The standard InChI is InChI=1S/C20H17ClN4O2/c1-13(26)14-6-4-7-16(9-14)25-20(27)18-10-19(24-12-23-18)22-11-15-5-2-3-8-17(15)21/h2-10,12H,11H2,1H3,(H,25,27)(H,22,23,24). The minimum atomic E-state index is -0.390. The largest absolute Gasteiger partial charge is 0.366 e. The van der Waals surface area contributed by atoms with Crippen LogP contribution >= 0.6 is 11.6 Å². The quantitative estimate of drug-likeness (QED) is 0.626. The molecular weight excluding hydrogens is 364 g/mol. The lowest BCUT2D eigenvalue weighted by atomic mass is 10.1. The second kappa shape index (κ2) is 8.42. The molecule has 0 aliphatic heterocycles. The second-order valence-electron chi connectivity index (χ2n) is 5.82. The number of amides is 1. The fraction of sp³-hybridized carbons (Fsp3) is 0.100. The van der Waals surface area contributed by atoms with Crippen LogP contribution in [0.1, 0.15) is 33.3 Å². The number of rotatable bonds is 6. The van der Waals surface area contributed by atoms with Crippen molar-refractivity contribution in [3.05, 3.63) is 82.8 Å². The maximum atomic E-state index is 12.4. The van der Waals surface area contributed by atoms with Crippen molar-refractivity contribution in [1.29, 1.82) is 0 Å². The fourth-order valence-electron chi connectivity index (χ4n) is 2.42. The van der Waals surface area contributed by atoms with Crippen molar-refractivity contribution < 1.29 is 9.59 Å². The summed E-state index contributed by atoms with van der Waals surface area (Å²) in [6.45, 7) is 1.95. The molecule has 7 heteroatoms. The topological polar surface area (TPSA) is 84.0 Å². The van der Waals surface area contributed by atoms with Crippen molar-refractivity contribution >= 4 is 34.8 Å². The maximum absolute atomic E-state index is 12.4. The SMILES string of the molecule is CC(=O)c1cccc(NC(=O)c2cc(NCc3ccccc3Cl)ncn2)c1. The molecule has 1 heterocycles. The summed E-state index contributed by atoms with van der Waals surface area (Å²) in [6, 6.07) is 15.8. The highest BCUT2D eigenvalue weighted by molar-refractivity contribution is 6.31. The Morgan fingerprint density at radius 3 is 2.63 bits per heavy atom. The predicted molar refractivity (Wildman–Crippen MR) is 105 cm³/mol. The molecule has 27 heavy (non-hydrogen) atoms. The van der Waals surface area contributed by atoms with Gasteiger partial charge in [0.1, 0.15) is 17.8 Å². The Hall–Kier alpha value is -3.25. The zero-order chi connectivity index (χ0) is 19.2. The Labute approximate surface area is 161 Å². The molecule has 0 aliphatic carbocycles. The average Bonchev–Trinajstić information content (AvgIpc) is 2.68. The molecule has 0 fully saturated rings. The maximum Gasteiger partial charge on any atom is 0.274 e. The van der Waals surface area contributed by atoms with E-state index in [1.54, 1.807) is 30.3 Å². The van der Waals surface area contributed by atoms with Crippen LogP contribution in [0.2, 0.25) is 5.02 Å². The van der Waals surface area contributed by atoms with E-state index in [2.05, 4.69) is 20.6 Å². The van der Waals surface area contributed by atoms with Gasteiger partial charge in [0.05, 0.1) is 0 Å². The monoisotopic (exact) mass is 380 g/mol. The van der Waals surface area contributed by atoms with Crippen LogP contribution in [0.5, 0.6) is 0 Å². The Bertz CT molecular complexity index is 991. The lowest BCUT2D eigenvalue weighted by molar-refractivity contribution is 0.100. The van der Waals surface area contributed by atoms with E-state index in [9.17, 15) is 9.59 Å². The van der Waals surface area contributed by atoms with Crippen molar-refractivity contribution in [1.82, 2.24) is 9.97 Å². The average molecular weight is 381 g/mol. The van der Waals surface area contributed by atoms with Gasteiger partial charge < -0.3 is 10.6 Å². The van der Waals surface area contributed by atoms with Crippen LogP contribution in [-0.4, -0.2) is 21.7 Å². The van der Waals surface area contributed by atoms with E-state index in [1.807, 2.05) is 24.3 Å². The van der Waals surface area contributed by atoms with Crippen molar-refractivity contribution in [2.75, 3.05) is 10.6 Å². The molecular formula is C20H17ClN4O2. The number of anilines is 2. The number of benzene rings is 2. The third-order valence-corrected chi connectivity index (χ3v) is 4.21. The zero-order valence-corrected chi connectivity index (χ0v) is 15.3. The van der Waals surface area contributed by atoms with Gasteiger partial charge in [0, 0.05) is 28.9 Å². The fourth-order valence-corrected chi connectivity index (χ4v) is 2.62. The number of hydrogen-bond donors (Lipinski definition) is 2. The first-order valence-electron chi connectivity index (χ1n) is 8.24. The highest BCUT2D eigenvalue weighted by atomic mass is 35.5. The summed E-state index contributed by atoms with van der Waals surface area (Å²) >= 11 is 6.14. The minimum Gasteiger partial charge on any atom is -0.366 e. The zero-order valence-electron chi connectivity index (χ0n) is 14.6. The first-order valence-corrected chi connectivity index (χ1v) is 8.62. The molecule has 0 aliphatic rings. The van der Waals surface area contributed by atoms with Crippen molar-refractivity contribution in [2.45, 2.75) is 13.5 Å². The van der Waals surface area contributed by atoms with Crippen LogP contribution in [0.4, 0.5) is 11.5 Å². The van der Waals surface area contributed by atoms with E-state index in [0.29, 0.717) is 28.6 Å². The molecule has 136 valence electrons. The van der Waals surface area contributed by atoms with Gasteiger partial charge in [0.2, 0.25) is 0 Å². The van der Waals surface area contributed by atoms with Crippen molar-refractivity contribution in [2.24, 2.45) is 0 Å². The molecule has 0 unspecified atom stereocenters. The molecule has 2 N–H and O–H groups in total. The van der Waals surface area contributed by atoms with Crippen molar-refractivity contribution in [3.8, 4) is 0 Å². The normalized spacial score (nSPS) is 10.3. The van der Waals surface area contributed by atoms with Gasteiger partial charge >= 0.3 is 0 Å². The Kier molecular flexibility index (Phi) is 5.78. The molecule has 3 rings (SSSR count). The molecule has 0 saturated heterocycles. The van der Waals surface area contributed by atoms with Crippen LogP contribution in [0.3, 0.4) is 0 Å². The van der Waals surface area contributed by atoms with E-state index >= 15 is 0 Å². The van der Waals surface area contributed by atoms with Gasteiger partial charge in [-0.25, -0.2) is 9.97 Å². The third kappa shape index (κ3) is 4.89. The molecule has 2 aromatic carbocycles. The molecule has 1 aromatic heterocycles. The smallest absolute Gasteiger partial charge is 0.274 e. The van der Waals surface area contributed by atoms with E-state index in [-0.39, 0.29) is 17.4 Å². The first-order chi connectivity index (χ1) is 13.0. The van der Waals surface area contributed by atoms with Crippen molar-refractivity contribution in [3.63, 3.8) is 0 Å². The van der Waals surface area contributed by atoms with Crippen LogP contribution in [0.15, 0.2) is 60.9 Å². The van der Waals surface area contributed by atoms with E-state index in [4.69, 9.17) is 11.6 Å². The number of Topliss-reactive ketones (excluding diaryl/α,β-unsaturated/α-hetero) is 1. The summed E-state index contributed by atoms with van der Waals surface area (Å²) in [5.74, 6) is 0.0469. The number of carbonyl (C=O) groups is 2. The second-order valence-corrected chi connectivity index (χ2v) is 6.23.